The second kappa shape index (κ2) is 5.50. The van der Waals surface area contributed by atoms with Crippen molar-refractivity contribution in [3.63, 3.8) is 0 Å². The molecule has 0 aliphatic carbocycles. The van der Waals surface area contributed by atoms with Crippen molar-refractivity contribution < 1.29 is 24.3 Å². The fourth-order valence-corrected chi connectivity index (χ4v) is 1.05. The fourth-order valence-electron chi connectivity index (χ4n) is 0.431. The first-order valence-corrected chi connectivity index (χ1v) is 4.65. The quantitative estimate of drug-likeness (QED) is 0.468. The van der Waals surface area contributed by atoms with Crippen LogP contribution >= 0.6 is 20.0 Å². The first-order chi connectivity index (χ1) is 4.83. The van der Waals surface area contributed by atoms with Crippen molar-refractivity contribution in [1.29, 1.82) is 0 Å². The SMILES string of the molecule is Cl.N[C@@H](CCP(=O)(O)O)C(=O)O. The van der Waals surface area contributed by atoms with Gasteiger partial charge >= 0.3 is 13.6 Å². The van der Waals surface area contributed by atoms with E-state index in [9.17, 15) is 9.36 Å². The van der Waals surface area contributed by atoms with E-state index in [4.69, 9.17) is 20.6 Å². The molecular formula is C4H11ClNO5P. The van der Waals surface area contributed by atoms with Crippen LogP contribution in [-0.2, 0) is 9.36 Å². The van der Waals surface area contributed by atoms with Gasteiger partial charge in [-0.3, -0.25) is 9.36 Å². The lowest BCUT2D eigenvalue weighted by Crippen LogP contribution is -2.30. The summed E-state index contributed by atoms with van der Waals surface area (Å²) in [5.74, 6) is -1.25. The first-order valence-electron chi connectivity index (χ1n) is 2.86. The summed E-state index contributed by atoms with van der Waals surface area (Å²) in [7, 11) is -4.10. The zero-order chi connectivity index (χ0) is 9.07. The molecule has 0 fully saturated rings. The fraction of sp³-hybridized carbons (Fsp3) is 0.750. The highest BCUT2D eigenvalue weighted by molar-refractivity contribution is 7.51. The summed E-state index contributed by atoms with van der Waals surface area (Å²) in [6, 6.07) is -1.19. The van der Waals surface area contributed by atoms with Gasteiger partial charge in [-0.2, -0.15) is 0 Å². The minimum Gasteiger partial charge on any atom is -0.480 e. The number of carboxylic acid groups (broad SMARTS) is 1. The Morgan fingerprint density at radius 2 is 1.92 bits per heavy atom. The third kappa shape index (κ3) is 7.97. The van der Waals surface area contributed by atoms with E-state index in [2.05, 4.69) is 0 Å². The van der Waals surface area contributed by atoms with E-state index in [1.54, 1.807) is 0 Å². The molecule has 5 N–H and O–H groups in total. The van der Waals surface area contributed by atoms with Crippen LogP contribution < -0.4 is 5.73 Å². The van der Waals surface area contributed by atoms with Crippen LogP contribution in [0.3, 0.4) is 0 Å². The third-order valence-corrected chi connectivity index (χ3v) is 1.89. The molecule has 0 bridgehead atoms. The van der Waals surface area contributed by atoms with Gasteiger partial charge in [-0.1, -0.05) is 0 Å². The van der Waals surface area contributed by atoms with Crippen LogP contribution in [0.4, 0.5) is 0 Å². The maximum Gasteiger partial charge on any atom is 0.325 e. The Morgan fingerprint density at radius 1 is 1.50 bits per heavy atom. The van der Waals surface area contributed by atoms with E-state index in [1.807, 2.05) is 0 Å². The van der Waals surface area contributed by atoms with Crippen LogP contribution in [0.2, 0.25) is 0 Å². The van der Waals surface area contributed by atoms with Crippen molar-refractivity contribution in [2.75, 3.05) is 6.16 Å². The molecule has 0 radical (unpaired) electrons. The predicted octanol–water partition coefficient (Wildman–Crippen LogP) is -0.612. The first kappa shape index (κ1) is 14.4. The Bertz CT molecular complexity index is 192. The smallest absolute Gasteiger partial charge is 0.325 e. The molecule has 0 aliphatic rings. The molecule has 0 rings (SSSR count). The maximum atomic E-state index is 10.2. The van der Waals surface area contributed by atoms with Crippen LogP contribution in [-0.4, -0.2) is 33.1 Å². The number of carbonyl (C=O) groups is 1. The van der Waals surface area contributed by atoms with Crippen LogP contribution in [0.1, 0.15) is 6.42 Å². The molecule has 0 spiro atoms. The molecule has 0 aromatic heterocycles. The summed E-state index contributed by atoms with van der Waals surface area (Å²) in [6.45, 7) is 0. The number of nitrogens with two attached hydrogens (primary N) is 1. The highest BCUT2D eigenvalue weighted by Crippen LogP contribution is 2.35. The predicted molar refractivity (Wildman–Crippen MR) is 44.4 cm³/mol. The average Bonchev–Trinajstić information content (AvgIpc) is 1.80. The van der Waals surface area contributed by atoms with Crippen LogP contribution in [0, 0.1) is 0 Å². The van der Waals surface area contributed by atoms with E-state index in [-0.39, 0.29) is 18.8 Å². The molecule has 0 saturated carbocycles. The second-order valence-electron chi connectivity index (χ2n) is 2.12. The number of carboxylic acids is 1. The summed E-state index contributed by atoms with van der Waals surface area (Å²) >= 11 is 0. The Hall–Kier alpha value is -0.130. The Morgan fingerprint density at radius 3 is 2.17 bits per heavy atom. The van der Waals surface area contributed by atoms with Gasteiger partial charge in [0.25, 0.3) is 0 Å². The lowest BCUT2D eigenvalue weighted by Gasteiger charge is -2.06. The number of aliphatic carboxylic acids is 1. The summed E-state index contributed by atoms with van der Waals surface area (Å²) in [5, 5.41) is 8.20. The Kier molecular flexibility index (Phi) is 6.60. The summed E-state index contributed by atoms with van der Waals surface area (Å²) in [4.78, 5) is 26.7. The van der Waals surface area contributed by atoms with Gasteiger partial charge in [-0.25, -0.2) is 0 Å². The molecule has 0 amide bonds. The molecule has 6 nitrogen and oxygen atoms in total. The van der Waals surface area contributed by atoms with E-state index >= 15 is 0 Å². The van der Waals surface area contributed by atoms with Crippen molar-refractivity contribution in [2.24, 2.45) is 5.73 Å². The van der Waals surface area contributed by atoms with E-state index in [1.165, 1.54) is 0 Å². The third-order valence-electron chi connectivity index (χ3n) is 1.05. The van der Waals surface area contributed by atoms with Gasteiger partial charge in [0, 0.05) is 0 Å². The Labute approximate surface area is 75.3 Å². The van der Waals surface area contributed by atoms with Gasteiger partial charge in [-0.15, -0.1) is 12.4 Å². The summed E-state index contributed by atoms with van der Waals surface area (Å²) < 4.78 is 10.2. The normalized spacial score (nSPS) is 13.2. The van der Waals surface area contributed by atoms with Crippen molar-refractivity contribution in [3.05, 3.63) is 0 Å². The lowest BCUT2D eigenvalue weighted by atomic mass is 10.2. The standard InChI is InChI=1S/C4H10NO5P.ClH/c5-3(4(6)7)1-2-11(8,9)10;/h3H,1-2,5H2,(H,6,7)(H2,8,9,10);1H/t3-;/m0./s1. The van der Waals surface area contributed by atoms with Crippen molar-refractivity contribution in [1.82, 2.24) is 0 Å². The van der Waals surface area contributed by atoms with E-state index in [0.29, 0.717) is 0 Å². The monoisotopic (exact) mass is 219 g/mol. The molecular weight excluding hydrogens is 208 g/mol. The lowest BCUT2D eigenvalue weighted by molar-refractivity contribution is -0.138. The molecule has 0 aromatic rings. The number of hydrogen-bond donors (Lipinski definition) is 4. The molecule has 0 aromatic carbocycles. The van der Waals surface area contributed by atoms with E-state index < -0.39 is 25.8 Å². The second-order valence-corrected chi connectivity index (χ2v) is 3.90. The number of halogens is 1. The van der Waals surface area contributed by atoms with Gasteiger partial charge in [0.2, 0.25) is 0 Å². The van der Waals surface area contributed by atoms with Gasteiger partial charge in [-0.05, 0) is 6.42 Å². The van der Waals surface area contributed by atoms with Crippen LogP contribution in [0.25, 0.3) is 0 Å². The van der Waals surface area contributed by atoms with Crippen molar-refractivity contribution in [2.45, 2.75) is 12.5 Å². The molecule has 1 atom stereocenters. The number of rotatable bonds is 4. The Balaban J connectivity index is 0. The van der Waals surface area contributed by atoms with Crippen LogP contribution in [0.15, 0.2) is 0 Å². The minimum absolute atomic E-state index is 0. The highest BCUT2D eigenvalue weighted by Gasteiger charge is 2.18. The largest absolute Gasteiger partial charge is 0.480 e. The van der Waals surface area contributed by atoms with E-state index in [0.717, 1.165) is 0 Å². The minimum atomic E-state index is -4.10. The topological polar surface area (TPSA) is 121 Å². The average molecular weight is 220 g/mol. The molecule has 0 heterocycles. The number of hydrogen-bond acceptors (Lipinski definition) is 3. The van der Waals surface area contributed by atoms with Crippen molar-refractivity contribution in [3.8, 4) is 0 Å². The highest BCUT2D eigenvalue weighted by atomic mass is 35.5. The molecule has 0 unspecified atom stereocenters. The zero-order valence-electron chi connectivity index (χ0n) is 6.08. The van der Waals surface area contributed by atoms with Gasteiger partial charge in [0.1, 0.15) is 6.04 Å². The molecule has 0 aliphatic heterocycles. The molecule has 74 valence electrons. The molecule has 8 heteroatoms. The van der Waals surface area contributed by atoms with Crippen molar-refractivity contribution >= 4 is 26.0 Å². The van der Waals surface area contributed by atoms with Gasteiger partial charge in [0.15, 0.2) is 0 Å². The summed E-state index contributed by atoms with van der Waals surface area (Å²) in [6.07, 6.45) is -0.694. The zero-order valence-corrected chi connectivity index (χ0v) is 7.79. The molecule has 0 saturated heterocycles. The maximum absolute atomic E-state index is 10.2. The van der Waals surface area contributed by atoms with Crippen LogP contribution in [0.5, 0.6) is 0 Å². The molecule has 12 heavy (non-hydrogen) atoms. The summed E-state index contributed by atoms with van der Waals surface area (Å²) in [5.41, 5.74) is 4.98. The van der Waals surface area contributed by atoms with Gasteiger partial charge < -0.3 is 20.6 Å². The van der Waals surface area contributed by atoms with Gasteiger partial charge in [0.05, 0.1) is 6.16 Å².